The summed E-state index contributed by atoms with van der Waals surface area (Å²) in [6, 6.07) is 56.7. The van der Waals surface area contributed by atoms with Crippen molar-refractivity contribution in [2.24, 2.45) is 0 Å². The molecule has 0 aliphatic heterocycles. The highest BCUT2D eigenvalue weighted by molar-refractivity contribution is 7.26. The molecule has 4 nitrogen and oxygen atoms in total. The lowest BCUT2D eigenvalue weighted by molar-refractivity contribution is 0.669. The van der Waals surface area contributed by atoms with Gasteiger partial charge in [-0.3, -0.25) is 0 Å². The number of benzene rings is 7. The molecule has 0 saturated heterocycles. The van der Waals surface area contributed by atoms with Crippen LogP contribution in [0.2, 0.25) is 0 Å². The predicted octanol–water partition coefficient (Wildman–Crippen LogP) is 12.5. The quantitative estimate of drug-likeness (QED) is 0.185. The lowest BCUT2D eigenvalue weighted by Crippen LogP contribution is -2.00. The maximum absolute atomic E-state index is 6.51. The van der Waals surface area contributed by atoms with Crippen LogP contribution in [0, 0.1) is 0 Å². The Morgan fingerprint density at radius 2 is 0.960 bits per heavy atom. The first-order chi connectivity index (χ1) is 24.8. The Labute approximate surface area is 292 Å². The van der Waals surface area contributed by atoms with Crippen LogP contribution >= 0.6 is 11.3 Å². The second-order valence-corrected chi connectivity index (χ2v) is 13.4. The molecule has 0 saturated carbocycles. The SMILES string of the molecule is c1ccc(-c2cc(-c3cccc4sc5c(-c6nc(-c7ccccc7)nc(-c7ccccc7)n6)cccc5c34)c3c(c2)oc2ccccc23)cc1. The molecule has 7 aromatic carbocycles. The number of para-hydroxylation sites is 1. The third kappa shape index (κ3) is 4.71. The van der Waals surface area contributed by atoms with Crippen LogP contribution in [0.3, 0.4) is 0 Å². The van der Waals surface area contributed by atoms with Crippen molar-refractivity contribution in [3.8, 4) is 56.4 Å². The minimum Gasteiger partial charge on any atom is -0.456 e. The average Bonchev–Trinajstić information content (AvgIpc) is 3.77. The van der Waals surface area contributed by atoms with Crippen LogP contribution in [0.1, 0.15) is 0 Å². The molecule has 0 bridgehead atoms. The molecule has 5 heteroatoms. The molecule has 0 spiro atoms. The van der Waals surface area contributed by atoms with Gasteiger partial charge in [0.1, 0.15) is 11.2 Å². The maximum atomic E-state index is 6.51. The van der Waals surface area contributed by atoms with Crippen LogP contribution in [0.5, 0.6) is 0 Å². The van der Waals surface area contributed by atoms with E-state index in [0.29, 0.717) is 17.5 Å². The van der Waals surface area contributed by atoms with Gasteiger partial charge in [0, 0.05) is 47.6 Å². The summed E-state index contributed by atoms with van der Waals surface area (Å²) in [5, 5.41) is 4.63. The van der Waals surface area contributed by atoms with Gasteiger partial charge in [0.15, 0.2) is 17.5 Å². The number of fused-ring (bicyclic) bond motifs is 6. The third-order valence-corrected chi connectivity index (χ3v) is 10.5. The van der Waals surface area contributed by atoms with Gasteiger partial charge in [-0.05, 0) is 52.6 Å². The van der Waals surface area contributed by atoms with Gasteiger partial charge in [0.25, 0.3) is 0 Å². The number of thiophene rings is 1. The zero-order chi connectivity index (χ0) is 33.0. The highest BCUT2D eigenvalue weighted by Crippen LogP contribution is 2.47. The van der Waals surface area contributed by atoms with E-state index in [0.717, 1.165) is 60.0 Å². The van der Waals surface area contributed by atoms with Gasteiger partial charge in [-0.2, -0.15) is 0 Å². The molecule has 50 heavy (non-hydrogen) atoms. The number of aromatic nitrogens is 3. The topological polar surface area (TPSA) is 51.8 Å². The van der Waals surface area contributed by atoms with E-state index in [2.05, 4.69) is 97.1 Å². The van der Waals surface area contributed by atoms with Crippen molar-refractivity contribution in [3.63, 3.8) is 0 Å². The van der Waals surface area contributed by atoms with Crippen LogP contribution in [0.4, 0.5) is 0 Å². The summed E-state index contributed by atoms with van der Waals surface area (Å²) >= 11 is 1.78. The smallest absolute Gasteiger partial charge is 0.165 e. The molecule has 10 aromatic rings. The maximum Gasteiger partial charge on any atom is 0.165 e. The van der Waals surface area contributed by atoms with Crippen LogP contribution in [0.25, 0.3) is 98.5 Å². The summed E-state index contributed by atoms with van der Waals surface area (Å²) in [5.74, 6) is 1.96. The fourth-order valence-electron chi connectivity index (χ4n) is 7.04. The number of rotatable bonds is 5. The molecular weight excluding hydrogens is 631 g/mol. The van der Waals surface area contributed by atoms with Gasteiger partial charge >= 0.3 is 0 Å². The molecule has 0 unspecified atom stereocenters. The number of hydrogen-bond acceptors (Lipinski definition) is 5. The summed E-state index contributed by atoms with van der Waals surface area (Å²) in [7, 11) is 0. The Morgan fingerprint density at radius 1 is 0.380 bits per heavy atom. The van der Waals surface area contributed by atoms with Crippen molar-refractivity contribution in [2.75, 3.05) is 0 Å². The van der Waals surface area contributed by atoms with Gasteiger partial charge in [0.05, 0.1) is 0 Å². The largest absolute Gasteiger partial charge is 0.456 e. The first-order valence-corrected chi connectivity index (χ1v) is 17.4. The number of nitrogens with zero attached hydrogens (tertiary/aromatic N) is 3. The van der Waals surface area contributed by atoms with Crippen molar-refractivity contribution in [3.05, 3.63) is 164 Å². The second kappa shape index (κ2) is 11.6. The molecule has 0 fully saturated rings. The minimum atomic E-state index is 0.653. The summed E-state index contributed by atoms with van der Waals surface area (Å²) < 4.78 is 8.86. The summed E-state index contributed by atoms with van der Waals surface area (Å²) in [4.78, 5) is 15.1. The van der Waals surface area contributed by atoms with E-state index < -0.39 is 0 Å². The van der Waals surface area contributed by atoms with Crippen molar-refractivity contribution in [1.82, 2.24) is 15.0 Å². The van der Waals surface area contributed by atoms with Gasteiger partial charge in [0.2, 0.25) is 0 Å². The average molecular weight is 658 g/mol. The molecule has 3 aromatic heterocycles. The summed E-state index contributed by atoms with van der Waals surface area (Å²) in [6.45, 7) is 0. The zero-order valence-electron chi connectivity index (χ0n) is 26.7. The molecule has 0 N–H and O–H groups in total. The van der Waals surface area contributed by atoms with Crippen LogP contribution in [0.15, 0.2) is 168 Å². The van der Waals surface area contributed by atoms with Crippen LogP contribution in [-0.2, 0) is 0 Å². The van der Waals surface area contributed by atoms with Gasteiger partial charge in [-0.1, -0.05) is 133 Å². The Kier molecular flexibility index (Phi) is 6.64. The minimum absolute atomic E-state index is 0.653. The van der Waals surface area contributed by atoms with E-state index >= 15 is 0 Å². The standard InChI is InChI=1S/C45H27N3OS/c1-4-14-28(15-5-1)31-26-36(40-33-20-10-11-24-37(33)49-38(40)27-31)32-21-13-25-39-41(32)34-22-12-23-35(42(34)50-39)45-47-43(29-16-6-2-7-17-29)46-44(48-45)30-18-8-3-9-19-30/h1-27H. The molecule has 0 atom stereocenters. The van der Waals surface area contributed by atoms with E-state index in [4.69, 9.17) is 19.4 Å². The Balaban J connectivity index is 1.24. The molecule has 10 rings (SSSR count). The van der Waals surface area contributed by atoms with E-state index in [-0.39, 0.29) is 0 Å². The van der Waals surface area contributed by atoms with Gasteiger partial charge in [-0.25, -0.2) is 15.0 Å². The molecule has 3 heterocycles. The summed E-state index contributed by atoms with van der Waals surface area (Å²) in [5.41, 5.74) is 9.26. The van der Waals surface area contributed by atoms with Crippen molar-refractivity contribution < 1.29 is 4.42 Å². The van der Waals surface area contributed by atoms with Gasteiger partial charge in [-0.15, -0.1) is 11.3 Å². The molecule has 0 aliphatic rings. The molecule has 234 valence electrons. The van der Waals surface area contributed by atoms with Crippen molar-refractivity contribution >= 4 is 53.4 Å². The molecule has 0 radical (unpaired) electrons. The highest BCUT2D eigenvalue weighted by atomic mass is 32.1. The lowest BCUT2D eigenvalue weighted by Gasteiger charge is -2.11. The monoisotopic (exact) mass is 657 g/mol. The fraction of sp³-hybridized carbons (Fsp3) is 0. The first kappa shape index (κ1) is 28.6. The Morgan fingerprint density at radius 3 is 1.68 bits per heavy atom. The van der Waals surface area contributed by atoms with Gasteiger partial charge < -0.3 is 4.42 Å². The van der Waals surface area contributed by atoms with E-state index in [9.17, 15) is 0 Å². The van der Waals surface area contributed by atoms with Crippen molar-refractivity contribution in [1.29, 1.82) is 0 Å². The van der Waals surface area contributed by atoms with E-state index in [1.807, 2.05) is 66.7 Å². The first-order valence-electron chi connectivity index (χ1n) is 16.6. The van der Waals surface area contributed by atoms with E-state index in [1.165, 1.54) is 21.0 Å². The number of furan rings is 1. The van der Waals surface area contributed by atoms with Crippen LogP contribution < -0.4 is 0 Å². The predicted molar refractivity (Wildman–Crippen MR) is 207 cm³/mol. The normalized spacial score (nSPS) is 11.6. The Bertz CT molecular complexity index is 2800. The molecule has 0 aliphatic carbocycles. The fourth-order valence-corrected chi connectivity index (χ4v) is 8.28. The Hall–Kier alpha value is -6.43. The lowest BCUT2D eigenvalue weighted by atomic mass is 9.92. The third-order valence-electron chi connectivity index (χ3n) is 9.34. The highest BCUT2D eigenvalue weighted by Gasteiger charge is 2.21. The number of hydrogen-bond donors (Lipinski definition) is 0. The summed E-state index contributed by atoms with van der Waals surface area (Å²) in [6.07, 6.45) is 0. The van der Waals surface area contributed by atoms with E-state index in [1.54, 1.807) is 11.3 Å². The van der Waals surface area contributed by atoms with Crippen LogP contribution in [-0.4, -0.2) is 15.0 Å². The zero-order valence-corrected chi connectivity index (χ0v) is 27.6. The molecular formula is C45H27N3OS. The molecule has 0 amide bonds. The second-order valence-electron chi connectivity index (χ2n) is 12.4. The van der Waals surface area contributed by atoms with Crippen molar-refractivity contribution in [2.45, 2.75) is 0 Å².